The molecule has 1 saturated heterocycles. The van der Waals surface area contributed by atoms with Gasteiger partial charge in [0.25, 0.3) is 0 Å². The van der Waals surface area contributed by atoms with Crippen LogP contribution in [0.1, 0.15) is 61.7 Å². The molecule has 314 valence electrons. The summed E-state index contributed by atoms with van der Waals surface area (Å²) in [6, 6.07) is 18.0. The maximum Gasteiger partial charge on any atom is 0.229 e. The van der Waals surface area contributed by atoms with Crippen molar-refractivity contribution < 1.29 is 25.2 Å². The summed E-state index contributed by atoms with van der Waals surface area (Å²) >= 11 is 6.44. The van der Waals surface area contributed by atoms with Crippen LogP contribution in [-0.2, 0) is 4.79 Å². The van der Waals surface area contributed by atoms with Gasteiger partial charge in [-0.2, -0.15) is 19.9 Å². The molecule has 2 saturated carbocycles. The number of hydrogen-bond donors (Lipinski definition) is 8. The third-order valence-corrected chi connectivity index (χ3v) is 12.4. The molecule has 0 spiro atoms. The van der Waals surface area contributed by atoms with Crippen molar-refractivity contribution in [2.45, 2.75) is 93.1 Å². The van der Waals surface area contributed by atoms with Crippen molar-refractivity contribution >= 4 is 57.4 Å². The Morgan fingerprint density at radius 3 is 2.07 bits per heavy atom. The van der Waals surface area contributed by atoms with Gasteiger partial charge in [-0.1, -0.05) is 67.6 Å². The number of fused-ring (bicyclic) bond motifs is 2. The smallest absolute Gasteiger partial charge is 0.229 e. The monoisotopic (exact) mass is 837 g/mol. The van der Waals surface area contributed by atoms with Gasteiger partial charge in [-0.05, 0) is 42.0 Å². The second kappa shape index (κ2) is 16.5. The first-order valence-corrected chi connectivity index (χ1v) is 20.7. The van der Waals surface area contributed by atoms with Crippen molar-refractivity contribution in [3.05, 3.63) is 89.7 Å². The number of benzene rings is 2. The van der Waals surface area contributed by atoms with E-state index in [1.54, 1.807) is 28.7 Å². The molecule has 0 radical (unpaired) electrons. The van der Waals surface area contributed by atoms with E-state index in [4.69, 9.17) is 32.3 Å². The Kier molecular flexibility index (Phi) is 11.0. The highest BCUT2D eigenvalue weighted by Gasteiger charge is 2.44. The number of hydrogen-bond acceptors (Lipinski definition) is 15. The molecular weight excluding hydrogens is 790 g/mol. The number of aromatic nitrogens is 8. The second-order valence-corrected chi connectivity index (χ2v) is 16.3. The van der Waals surface area contributed by atoms with Gasteiger partial charge in [-0.3, -0.25) is 4.79 Å². The molecule has 1 amide bonds. The molecule has 3 fully saturated rings. The fourth-order valence-corrected chi connectivity index (χ4v) is 9.11. The van der Waals surface area contributed by atoms with E-state index in [0.29, 0.717) is 72.4 Å². The lowest BCUT2D eigenvalue weighted by Crippen LogP contribution is -2.42. The average molecular weight is 838 g/mol. The molecule has 3 aliphatic rings. The van der Waals surface area contributed by atoms with Gasteiger partial charge in [0.05, 0.1) is 36.9 Å². The first-order valence-electron chi connectivity index (χ1n) is 20.3. The lowest BCUT2D eigenvalue weighted by atomic mass is 9.91. The lowest BCUT2D eigenvalue weighted by Gasteiger charge is -2.22. The van der Waals surface area contributed by atoms with Gasteiger partial charge < -0.3 is 56.1 Å². The third kappa shape index (κ3) is 7.47. The molecule has 60 heavy (non-hydrogen) atoms. The number of carbonyl (C=O) groups is 1. The van der Waals surface area contributed by atoms with Crippen LogP contribution in [0.3, 0.4) is 0 Å². The normalized spacial score (nSPS) is 26.7. The molecule has 18 nitrogen and oxygen atoms in total. The summed E-state index contributed by atoms with van der Waals surface area (Å²) in [5.74, 6) is 1.15. The van der Waals surface area contributed by atoms with Gasteiger partial charge in [0.15, 0.2) is 34.0 Å². The minimum atomic E-state index is -1.18. The SMILES string of the molecule is CCC(=O)N[C@H]1C[C@@H](n2cnc3c(NCC(c4ccccc4)c4ccccc4)nc(N4CC[C@@H](Nc5nc(Cl)nc6c5ncn6[C@@H]5C[C@H](N)[C@@H](O)[C@H]5O)C4)nc32)[C@H](O)[C@@H]1O. The van der Waals surface area contributed by atoms with E-state index in [9.17, 15) is 25.2 Å². The largest absolute Gasteiger partial charge is 0.389 e. The van der Waals surface area contributed by atoms with Crippen LogP contribution in [0.25, 0.3) is 22.3 Å². The Hall–Kier alpha value is -5.50. The van der Waals surface area contributed by atoms with Crippen molar-refractivity contribution in [2.75, 3.05) is 35.2 Å². The van der Waals surface area contributed by atoms with Crippen LogP contribution in [0.4, 0.5) is 17.6 Å². The minimum absolute atomic E-state index is 0.00303. The molecular formula is C41H48ClN13O5. The molecule has 19 heteroatoms. The van der Waals surface area contributed by atoms with E-state index in [1.807, 2.05) is 36.4 Å². The maximum atomic E-state index is 12.3. The summed E-state index contributed by atoms with van der Waals surface area (Å²) in [4.78, 5) is 42.7. The number of aliphatic hydroxyl groups excluding tert-OH is 4. The molecule has 9 N–H and O–H groups in total. The summed E-state index contributed by atoms with van der Waals surface area (Å²) < 4.78 is 3.47. The zero-order valence-electron chi connectivity index (χ0n) is 32.8. The van der Waals surface area contributed by atoms with Crippen molar-refractivity contribution in [1.29, 1.82) is 0 Å². The Labute approximate surface area is 349 Å². The highest BCUT2D eigenvalue weighted by Crippen LogP contribution is 2.37. The van der Waals surface area contributed by atoms with Crippen LogP contribution in [0.15, 0.2) is 73.3 Å². The summed E-state index contributed by atoms with van der Waals surface area (Å²) in [6.07, 6.45) is 0.208. The fourth-order valence-electron chi connectivity index (χ4n) is 8.95. The number of nitrogens with two attached hydrogens (primary N) is 1. The molecule has 9 rings (SSSR count). The summed E-state index contributed by atoms with van der Waals surface area (Å²) in [5.41, 5.74) is 10.2. The number of amides is 1. The van der Waals surface area contributed by atoms with Gasteiger partial charge in [-0.25, -0.2) is 9.97 Å². The Balaban J connectivity index is 1.02. The number of rotatable bonds is 12. The molecule has 2 aromatic carbocycles. The van der Waals surface area contributed by atoms with E-state index >= 15 is 0 Å². The fraction of sp³-hybridized carbons (Fsp3) is 0.439. The number of aliphatic hydroxyl groups is 4. The first kappa shape index (κ1) is 39.9. The molecule has 6 aromatic rings. The van der Waals surface area contributed by atoms with Crippen molar-refractivity contribution in [2.24, 2.45) is 5.73 Å². The Morgan fingerprint density at radius 2 is 1.43 bits per heavy atom. The standard InChI is InChI=1S/C41H48ClN13O5/c1-2-29(56)48-26-16-28(35(60)33(26)58)55-19-45-30-36(44-17-24(21-9-5-3-6-10-21)22-11-7-4-8-12-22)50-41(52-39(30)55)53-14-13-23(18-53)47-37-31-38(51-40(42)49-37)54(20-46-31)27-15-25(43)32(57)34(27)59/h3-12,19-20,23-28,32-35,57-60H,2,13-18,43H2,1H3,(H,48,56)(H,44,50,52)(H,47,49,51)/t23-,25+,26+,27-,28-,32-,33-,34+,35+/m1/s1. The van der Waals surface area contributed by atoms with Crippen LogP contribution in [0.5, 0.6) is 0 Å². The van der Waals surface area contributed by atoms with E-state index in [-0.39, 0.29) is 36.0 Å². The molecule has 2 aliphatic carbocycles. The molecule has 0 bridgehead atoms. The predicted octanol–water partition coefficient (Wildman–Crippen LogP) is 2.11. The number of nitrogens with zero attached hydrogens (tertiary/aromatic N) is 9. The number of imidazole rings is 2. The van der Waals surface area contributed by atoms with Crippen molar-refractivity contribution in [3.63, 3.8) is 0 Å². The Morgan fingerprint density at radius 1 is 0.817 bits per heavy atom. The summed E-state index contributed by atoms with van der Waals surface area (Å²) in [5, 5.41) is 53.3. The van der Waals surface area contributed by atoms with Gasteiger partial charge in [0.1, 0.15) is 18.3 Å². The maximum absolute atomic E-state index is 12.3. The Bertz CT molecular complexity index is 2430. The van der Waals surface area contributed by atoms with Gasteiger partial charge in [0.2, 0.25) is 17.1 Å². The van der Waals surface area contributed by atoms with Crippen LogP contribution >= 0.6 is 11.6 Å². The van der Waals surface area contributed by atoms with Crippen LogP contribution in [0, 0.1) is 0 Å². The highest BCUT2D eigenvalue weighted by atomic mass is 35.5. The highest BCUT2D eigenvalue weighted by molar-refractivity contribution is 6.28. The van der Waals surface area contributed by atoms with E-state index in [1.165, 1.54) is 0 Å². The molecule has 1 aliphatic heterocycles. The number of carbonyl (C=O) groups excluding carboxylic acids is 1. The lowest BCUT2D eigenvalue weighted by molar-refractivity contribution is -0.122. The molecule has 5 heterocycles. The zero-order valence-corrected chi connectivity index (χ0v) is 33.6. The average Bonchev–Trinajstić information content (AvgIpc) is 4.10. The van der Waals surface area contributed by atoms with Gasteiger partial charge in [0, 0.05) is 44.1 Å². The van der Waals surface area contributed by atoms with E-state index < -0.39 is 48.6 Å². The van der Waals surface area contributed by atoms with Crippen molar-refractivity contribution in [3.8, 4) is 0 Å². The summed E-state index contributed by atoms with van der Waals surface area (Å²) in [6.45, 7) is 3.30. The van der Waals surface area contributed by atoms with Crippen molar-refractivity contribution in [1.82, 2.24) is 44.4 Å². The summed E-state index contributed by atoms with van der Waals surface area (Å²) in [7, 11) is 0. The molecule has 9 atom stereocenters. The second-order valence-electron chi connectivity index (χ2n) is 16.0. The number of halogens is 1. The molecule has 4 aromatic heterocycles. The van der Waals surface area contributed by atoms with Gasteiger partial charge >= 0.3 is 0 Å². The van der Waals surface area contributed by atoms with Crippen LogP contribution < -0.4 is 26.6 Å². The van der Waals surface area contributed by atoms with Crippen LogP contribution in [0.2, 0.25) is 5.28 Å². The molecule has 0 unspecified atom stereocenters. The topological polar surface area (TPSA) is 251 Å². The third-order valence-electron chi connectivity index (χ3n) is 12.2. The van der Waals surface area contributed by atoms with E-state index in [2.05, 4.69) is 60.1 Å². The number of nitrogens with one attached hydrogen (secondary N) is 3. The van der Waals surface area contributed by atoms with E-state index in [0.717, 1.165) is 11.1 Å². The quantitative estimate of drug-likeness (QED) is 0.0823. The van der Waals surface area contributed by atoms with Gasteiger partial charge in [-0.15, -0.1) is 0 Å². The van der Waals surface area contributed by atoms with Crippen LogP contribution in [-0.4, -0.2) is 128 Å². The number of anilines is 3. The first-order chi connectivity index (χ1) is 29.1. The minimum Gasteiger partial charge on any atom is -0.389 e. The zero-order chi connectivity index (χ0) is 41.7. The predicted molar refractivity (Wildman–Crippen MR) is 225 cm³/mol.